The number of amides is 1. The lowest BCUT2D eigenvalue weighted by molar-refractivity contribution is -0.110. The second kappa shape index (κ2) is 5.63. The number of H-pyrrole nitrogens is 1. The number of aromatic amines is 1. The van der Waals surface area contributed by atoms with E-state index in [1.165, 1.54) is 7.11 Å². The lowest BCUT2D eigenvalue weighted by Gasteiger charge is -2.07. The number of hydrogen-bond acceptors (Lipinski definition) is 4. The van der Waals surface area contributed by atoms with Gasteiger partial charge in [-0.05, 0) is 50.0 Å². The number of rotatable bonds is 2. The Kier molecular flexibility index (Phi) is 3.45. The maximum atomic E-state index is 12.3. The highest BCUT2D eigenvalue weighted by Crippen LogP contribution is 2.34. The molecule has 2 aliphatic rings. The Morgan fingerprint density at radius 2 is 2.12 bits per heavy atom. The number of carbonyl (C=O) groups excluding carboxylic acids is 2. The maximum absolute atomic E-state index is 12.3. The van der Waals surface area contributed by atoms with Crippen molar-refractivity contribution in [2.75, 3.05) is 12.4 Å². The molecule has 6 heteroatoms. The van der Waals surface area contributed by atoms with Crippen molar-refractivity contribution in [3.05, 3.63) is 46.5 Å². The second-order valence-corrected chi connectivity index (χ2v) is 6.02. The highest BCUT2D eigenvalue weighted by atomic mass is 16.5. The normalized spacial score (nSPS) is 17.4. The summed E-state index contributed by atoms with van der Waals surface area (Å²) in [6, 6.07) is 5.03. The van der Waals surface area contributed by atoms with Gasteiger partial charge in [-0.25, -0.2) is 9.78 Å². The third kappa shape index (κ3) is 2.40. The number of hydrogen-bond donors (Lipinski definition) is 2. The number of aromatic nitrogens is 2. The van der Waals surface area contributed by atoms with Crippen LogP contribution in [0.3, 0.4) is 0 Å². The summed E-state index contributed by atoms with van der Waals surface area (Å²) in [5.74, 6) is 0.0646. The van der Waals surface area contributed by atoms with Gasteiger partial charge in [0.05, 0.1) is 23.9 Å². The fourth-order valence-corrected chi connectivity index (χ4v) is 3.26. The van der Waals surface area contributed by atoms with Crippen LogP contribution in [0.25, 0.3) is 11.6 Å². The van der Waals surface area contributed by atoms with Crippen molar-refractivity contribution >= 4 is 29.2 Å². The van der Waals surface area contributed by atoms with E-state index in [-0.39, 0.29) is 5.91 Å². The van der Waals surface area contributed by atoms with E-state index in [0.29, 0.717) is 28.2 Å². The monoisotopic (exact) mass is 323 g/mol. The Morgan fingerprint density at radius 1 is 1.29 bits per heavy atom. The van der Waals surface area contributed by atoms with Crippen LogP contribution in [0.1, 0.15) is 46.0 Å². The van der Waals surface area contributed by atoms with Gasteiger partial charge < -0.3 is 15.0 Å². The van der Waals surface area contributed by atoms with E-state index in [4.69, 9.17) is 4.74 Å². The number of methoxy groups -OCH3 is 1. The van der Waals surface area contributed by atoms with Gasteiger partial charge in [0.25, 0.3) is 5.91 Å². The number of carbonyl (C=O) groups is 2. The van der Waals surface area contributed by atoms with E-state index in [9.17, 15) is 9.59 Å². The smallest absolute Gasteiger partial charge is 0.337 e. The van der Waals surface area contributed by atoms with Crippen molar-refractivity contribution in [1.82, 2.24) is 9.97 Å². The summed E-state index contributed by atoms with van der Waals surface area (Å²) in [4.78, 5) is 31.9. The van der Waals surface area contributed by atoms with Gasteiger partial charge >= 0.3 is 5.97 Å². The van der Waals surface area contributed by atoms with Crippen LogP contribution in [0.4, 0.5) is 5.69 Å². The first-order chi connectivity index (χ1) is 11.7. The van der Waals surface area contributed by atoms with Crippen LogP contribution in [0.2, 0.25) is 0 Å². The van der Waals surface area contributed by atoms with Gasteiger partial charge in [-0.15, -0.1) is 0 Å². The van der Waals surface area contributed by atoms with Crippen LogP contribution in [-0.2, 0) is 22.4 Å². The average Bonchev–Trinajstić information content (AvgIpc) is 3.14. The Bertz CT molecular complexity index is 856. The second-order valence-electron chi connectivity index (χ2n) is 6.02. The molecule has 1 aliphatic carbocycles. The molecule has 2 N–H and O–H groups in total. The molecule has 0 radical (unpaired) electrons. The van der Waals surface area contributed by atoms with Crippen molar-refractivity contribution in [3.8, 4) is 0 Å². The number of nitrogens with one attached hydrogen (secondary N) is 2. The molecule has 0 saturated carbocycles. The lowest BCUT2D eigenvalue weighted by atomic mass is 10.0. The molecule has 0 saturated heterocycles. The zero-order valence-corrected chi connectivity index (χ0v) is 13.3. The summed E-state index contributed by atoms with van der Waals surface area (Å²) >= 11 is 0. The van der Waals surface area contributed by atoms with E-state index < -0.39 is 5.97 Å². The molecule has 1 aliphatic heterocycles. The minimum Gasteiger partial charge on any atom is -0.465 e. The van der Waals surface area contributed by atoms with Crippen LogP contribution < -0.4 is 5.32 Å². The van der Waals surface area contributed by atoms with Gasteiger partial charge in [-0.3, -0.25) is 4.79 Å². The summed E-state index contributed by atoms with van der Waals surface area (Å²) in [5, 5.41) is 2.81. The number of ether oxygens (including phenoxy) is 1. The highest BCUT2D eigenvalue weighted by molar-refractivity contribution is 6.35. The highest BCUT2D eigenvalue weighted by Gasteiger charge is 2.26. The molecule has 1 aromatic heterocycles. The molecule has 6 nitrogen and oxygen atoms in total. The number of esters is 1. The largest absolute Gasteiger partial charge is 0.465 e. The molecule has 4 rings (SSSR count). The van der Waals surface area contributed by atoms with Gasteiger partial charge in [0.2, 0.25) is 0 Å². The summed E-state index contributed by atoms with van der Waals surface area (Å²) in [6.45, 7) is 0. The molecule has 122 valence electrons. The van der Waals surface area contributed by atoms with Crippen LogP contribution >= 0.6 is 0 Å². The molecular formula is C18H17N3O3. The van der Waals surface area contributed by atoms with Crippen LogP contribution in [-0.4, -0.2) is 29.0 Å². The first-order valence-corrected chi connectivity index (χ1v) is 7.99. The van der Waals surface area contributed by atoms with E-state index >= 15 is 0 Å². The number of nitrogens with zero attached hydrogens (tertiary/aromatic N) is 1. The fourth-order valence-electron chi connectivity index (χ4n) is 3.26. The molecule has 0 spiro atoms. The molecule has 2 aromatic rings. The zero-order valence-electron chi connectivity index (χ0n) is 13.3. The predicted octanol–water partition coefficient (Wildman–Crippen LogP) is 2.57. The minimum absolute atomic E-state index is 0.193. The molecule has 0 atom stereocenters. The Hall–Kier alpha value is -2.89. The van der Waals surface area contributed by atoms with Gasteiger partial charge in [0.15, 0.2) is 0 Å². The number of imidazole rings is 1. The fraction of sp³-hybridized carbons (Fsp3) is 0.278. The molecule has 2 heterocycles. The standard InChI is InChI=1S/C18H17N3O3/c1-24-18(23)10-6-7-13-11(8-10)12(17(22)21-13)9-16-19-14-4-2-3-5-15(14)20-16/h6-9H,2-5H2,1H3,(H,19,20)(H,21,22). The predicted molar refractivity (Wildman–Crippen MR) is 89.5 cm³/mol. The molecule has 1 aromatic carbocycles. The number of anilines is 1. The van der Waals surface area contributed by atoms with Crippen LogP contribution in [0.5, 0.6) is 0 Å². The van der Waals surface area contributed by atoms with E-state index in [1.54, 1.807) is 24.3 Å². The van der Waals surface area contributed by atoms with Gasteiger partial charge in [-0.1, -0.05) is 0 Å². The van der Waals surface area contributed by atoms with E-state index in [1.807, 2.05) is 0 Å². The Labute approximate surface area is 138 Å². The first-order valence-electron chi connectivity index (χ1n) is 7.99. The zero-order chi connectivity index (χ0) is 16.7. The number of fused-ring (bicyclic) bond motifs is 2. The summed E-state index contributed by atoms with van der Waals surface area (Å²) in [6.07, 6.45) is 6.04. The molecule has 0 bridgehead atoms. The van der Waals surface area contributed by atoms with E-state index in [0.717, 1.165) is 37.1 Å². The van der Waals surface area contributed by atoms with Gasteiger partial charge in [-0.2, -0.15) is 0 Å². The molecule has 1 amide bonds. The van der Waals surface area contributed by atoms with Crippen molar-refractivity contribution in [2.24, 2.45) is 0 Å². The van der Waals surface area contributed by atoms with Crippen molar-refractivity contribution in [2.45, 2.75) is 25.7 Å². The van der Waals surface area contributed by atoms with Crippen molar-refractivity contribution in [1.29, 1.82) is 0 Å². The lowest BCUT2D eigenvalue weighted by Crippen LogP contribution is -2.03. The third-order valence-electron chi connectivity index (χ3n) is 4.48. The summed E-state index contributed by atoms with van der Waals surface area (Å²) in [5.41, 5.74) is 4.55. The van der Waals surface area contributed by atoms with Gasteiger partial charge in [0.1, 0.15) is 5.82 Å². The van der Waals surface area contributed by atoms with Crippen LogP contribution in [0.15, 0.2) is 18.2 Å². The van der Waals surface area contributed by atoms with Crippen molar-refractivity contribution < 1.29 is 14.3 Å². The summed E-state index contributed by atoms with van der Waals surface area (Å²) in [7, 11) is 1.34. The average molecular weight is 323 g/mol. The van der Waals surface area contributed by atoms with Crippen LogP contribution in [0, 0.1) is 0 Å². The Morgan fingerprint density at radius 3 is 2.92 bits per heavy atom. The molecule has 0 unspecified atom stereocenters. The number of aryl methyl sites for hydroxylation is 2. The quantitative estimate of drug-likeness (QED) is 0.657. The molecule has 24 heavy (non-hydrogen) atoms. The molecule has 0 fully saturated rings. The van der Waals surface area contributed by atoms with Crippen molar-refractivity contribution in [3.63, 3.8) is 0 Å². The minimum atomic E-state index is -0.426. The van der Waals surface area contributed by atoms with Gasteiger partial charge in [0, 0.05) is 16.9 Å². The SMILES string of the molecule is COC(=O)c1ccc2c(c1)C(=Cc1nc3c([nH]1)CCCC3)C(=O)N2. The summed E-state index contributed by atoms with van der Waals surface area (Å²) < 4.78 is 4.75. The molecular weight excluding hydrogens is 306 g/mol. The van der Waals surface area contributed by atoms with E-state index in [2.05, 4.69) is 15.3 Å². The number of benzene rings is 1. The first kappa shape index (κ1) is 14.7. The third-order valence-corrected chi connectivity index (χ3v) is 4.48. The maximum Gasteiger partial charge on any atom is 0.337 e. The Balaban J connectivity index is 1.75. The topological polar surface area (TPSA) is 84.1 Å².